The van der Waals surface area contributed by atoms with Crippen molar-refractivity contribution in [1.29, 1.82) is 0 Å². The van der Waals surface area contributed by atoms with Crippen LogP contribution in [0.1, 0.15) is 46.0 Å². The van der Waals surface area contributed by atoms with Gasteiger partial charge in [-0.3, -0.25) is 9.59 Å². The van der Waals surface area contributed by atoms with Gasteiger partial charge in [-0.25, -0.2) is 0 Å². The lowest BCUT2D eigenvalue weighted by Crippen LogP contribution is -2.33. The van der Waals surface area contributed by atoms with Crippen molar-refractivity contribution in [3.05, 3.63) is 0 Å². The van der Waals surface area contributed by atoms with E-state index in [0.717, 1.165) is 19.5 Å². The van der Waals surface area contributed by atoms with Crippen LogP contribution < -0.4 is 16.0 Å². The zero-order chi connectivity index (χ0) is 14.8. The molecule has 1 fully saturated rings. The Morgan fingerprint density at radius 2 is 1.95 bits per heavy atom. The van der Waals surface area contributed by atoms with Gasteiger partial charge in [0, 0.05) is 25.9 Å². The smallest absolute Gasteiger partial charge is 0.221 e. The molecule has 1 heterocycles. The molecule has 1 atom stereocenters. The van der Waals surface area contributed by atoms with Crippen molar-refractivity contribution in [3.8, 4) is 0 Å². The minimum Gasteiger partial charge on any atom is -0.356 e. The van der Waals surface area contributed by atoms with E-state index in [1.54, 1.807) is 0 Å². The van der Waals surface area contributed by atoms with Crippen LogP contribution in [0.4, 0.5) is 0 Å². The number of nitrogens with one attached hydrogen (secondary N) is 3. The van der Waals surface area contributed by atoms with E-state index in [4.69, 9.17) is 0 Å². The molecule has 1 rings (SSSR count). The van der Waals surface area contributed by atoms with Crippen LogP contribution in [0.25, 0.3) is 0 Å². The highest BCUT2D eigenvalue weighted by Crippen LogP contribution is 2.15. The molecule has 1 unspecified atom stereocenters. The molecule has 116 valence electrons. The predicted octanol–water partition coefficient (Wildman–Crippen LogP) is 1.04. The van der Waals surface area contributed by atoms with Crippen LogP contribution in [-0.4, -0.2) is 38.0 Å². The Bertz CT molecular complexity index is 299. The summed E-state index contributed by atoms with van der Waals surface area (Å²) in [6, 6.07) is 0. The molecule has 5 heteroatoms. The van der Waals surface area contributed by atoms with E-state index in [2.05, 4.69) is 29.8 Å². The molecule has 0 aromatic rings. The van der Waals surface area contributed by atoms with Crippen molar-refractivity contribution < 1.29 is 9.59 Å². The summed E-state index contributed by atoms with van der Waals surface area (Å²) in [7, 11) is 0. The van der Waals surface area contributed by atoms with Gasteiger partial charge in [0.25, 0.3) is 0 Å². The lowest BCUT2D eigenvalue weighted by Gasteiger charge is -2.22. The molecule has 1 aliphatic rings. The van der Waals surface area contributed by atoms with Gasteiger partial charge in [-0.15, -0.1) is 0 Å². The fourth-order valence-corrected chi connectivity index (χ4v) is 2.32. The molecule has 1 aliphatic heterocycles. The zero-order valence-electron chi connectivity index (χ0n) is 12.8. The highest BCUT2D eigenvalue weighted by molar-refractivity contribution is 5.78. The normalized spacial score (nSPS) is 18.9. The number of hydrogen-bond donors (Lipinski definition) is 3. The Morgan fingerprint density at radius 3 is 2.60 bits per heavy atom. The summed E-state index contributed by atoms with van der Waals surface area (Å²) in [5, 5.41) is 9.02. The van der Waals surface area contributed by atoms with Crippen LogP contribution in [-0.2, 0) is 9.59 Å². The second-order valence-electron chi connectivity index (χ2n) is 6.05. The van der Waals surface area contributed by atoms with Gasteiger partial charge < -0.3 is 16.0 Å². The molecule has 0 bridgehead atoms. The van der Waals surface area contributed by atoms with E-state index < -0.39 is 0 Å². The molecule has 0 saturated carbocycles. The molecule has 0 aliphatic carbocycles. The lowest BCUT2D eigenvalue weighted by atomic mass is 9.94. The summed E-state index contributed by atoms with van der Waals surface area (Å²) < 4.78 is 0. The lowest BCUT2D eigenvalue weighted by molar-refractivity contribution is -0.122. The van der Waals surface area contributed by atoms with Crippen molar-refractivity contribution >= 4 is 11.8 Å². The van der Waals surface area contributed by atoms with Gasteiger partial charge >= 0.3 is 0 Å². The summed E-state index contributed by atoms with van der Waals surface area (Å²) in [6.07, 6.45) is 4.31. The van der Waals surface area contributed by atoms with Gasteiger partial charge in [0.05, 0.1) is 0 Å². The number of piperidine rings is 1. The van der Waals surface area contributed by atoms with Gasteiger partial charge in [0.1, 0.15) is 0 Å². The first-order chi connectivity index (χ1) is 9.58. The van der Waals surface area contributed by atoms with Crippen LogP contribution in [0, 0.1) is 11.8 Å². The van der Waals surface area contributed by atoms with E-state index in [9.17, 15) is 9.59 Å². The van der Waals surface area contributed by atoms with Crippen molar-refractivity contribution in [2.75, 3.05) is 26.2 Å². The Morgan fingerprint density at radius 1 is 1.20 bits per heavy atom. The van der Waals surface area contributed by atoms with Gasteiger partial charge in [-0.1, -0.05) is 13.8 Å². The van der Waals surface area contributed by atoms with Crippen LogP contribution in [0.5, 0.6) is 0 Å². The quantitative estimate of drug-likeness (QED) is 0.623. The molecule has 5 nitrogen and oxygen atoms in total. The van der Waals surface area contributed by atoms with Gasteiger partial charge in [0.15, 0.2) is 0 Å². The van der Waals surface area contributed by atoms with Gasteiger partial charge in [-0.05, 0) is 44.2 Å². The minimum atomic E-state index is 0.00970. The summed E-state index contributed by atoms with van der Waals surface area (Å²) in [6.45, 7) is 7.39. The maximum absolute atomic E-state index is 11.7. The number of hydrogen-bond acceptors (Lipinski definition) is 3. The van der Waals surface area contributed by atoms with Gasteiger partial charge in [0.2, 0.25) is 11.8 Å². The summed E-state index contributed by atoms with van der Waals surface area (Å²) in [5.74, 6) is 1.16. The molecule has 1 saturated heterocycles. The minimum absolute atomic E-state index is 0.00970. The maximum Gasteiger partial charge on any atom is 0.221 e. The number of carbonyl (C=O) groups excluding carboxylic acids is 2. The largest absolute Gasteiger partial charge is 0.356 e. The number of rotatable bonds is 8. The highest BCUT2D eigenvalue weighted by Gasteiger charge is 2.14. The van der Waals surface area contributed by atoms with E-state index in [-0.39, 0.29) is 11.8 Å². The molecular formula is C15H29N3O2. The van der Waals surface area contributed by atoms with Crippen molar-refractivity contribution in [3.63, 3.8) is 0 Å². The molecule has 0 radical (unpaired) electrons. The third-order valence-electron chi connectivity index (χ3n) is 3.56. The fourth-order valence-electron chi connectivity index (χ4n) is 2.32. The molecule has 0 spiro atoms. The van der Waals surface area contributed by atoms with Crippen LogP contribution >= 0.6 is 0 Å². The van der Waals surface area contributed by atoms with Crippen LogP contribution in [0.15, 0.2) is 0 Å². The Kier molecular flexibility index (Phi) is 8.26. The number of carbonyl (C=O) groups is 2. The fraction of sp³-hybridized carbons (Fsp3) is 0.867. The Labute approximate surface area is 122 Å². The van der Waals surface area contributed by atoms with E-state index in [1.807, 2.05) is 0 Å². The van der Waals surface area contributed by atoms with E-state index in [1.165, 1.54) is 12.8 Å². The van der Waals surface area contributed by atoms with E-state index >= 15 is 0 Å². The third-order valence-corrected chi connectivity index (χ3v) is 3.56. The molecular weight excluding hydrogens is 254 g/mol. The van der Waals surface area contributed by atoms with Crippen LogP contribution in [0.2, 0.25) is 0 Å². The molecule has 2 amide bonds. The second-order valence-corrected chi connectivity index (χ2v) is 6.05. The van der Waals surface area contributed by atoms with E-state index in [0.29, 0.717) is 37.8 Å². The molecule has 20 heavy (non-hydrogen) atoms. The molecule has 0 aromatic heterocycles. The topological polar surface area (TPSA) is 70.2 Å². The first kappa shape index (κ1) is 17.0. The van der Waals surface area contributed by atoms with Crippen LogP contribution in [0.3, 0.4) is 0 Å². The molecule has 3 N–H and O–H groups in total. The average Bonchev–Trinajstić information content (AvgIpc) is 2.44. The van der Waals surface area contributed by atoms with Gasteiger partial charge in [-0.2, -0.15) is 0 Å². The second kappa shape index (κ2) is 9.75. The Balaban J connectivity index is 2.00. The SMILES string of the molecule is CC(C)CNC(=O)CCNC(=O)CCC1CCCNC1. The average molecular weight is 283 g/mol. The first-order valence-corrected chi connectivity index (χ1v) is 7.82. The highest BCUT2D eigenvalue weighted by atomic mass is 16.2. The number of amides is 2. The van der Waals surface area contributed by atoms with Crippen molar-refractivity contribution in [2.24, 2.45) is 11.8 Å². The maximum atomic E-state index is 11.7. The van der Waals surface area contributed by atoms with Crippen molar-refractivity contribution in [2.45, 2.75) is 46.0 Å². The first-order valence-electron chi connectivity index (χ1n) is 7.82. The standard InChI is InChI=1S/C15H29N3O2/c1-12(2)10-18-15(20)7-9-17-14(19)6-5-13-4-3-8-16-11-13/h12-13,16H,3-11H2,1-2H3,(H,17,19)(H,18,20). The Hall–Kier alpha value is -1.10. The summed E-state index contributed by atoms with van der Waals surface area (Å²) in [4.78, 5) is 23.1. The predicted molar refractivity (Wildman–Crippen MR) is 80.3 cm³/mol. The monoisotopic (exact) mass is 283 g/mol. The summed E-state index contributed by atoms with van der Waals surface area (Å²) >= 11 is 0. The molecule has 0 aromatic carbocycles. The summed E-state index contributed by atoms with van der Waals surface area (Å²) in [5.41, 5.74) is 0. The third kappa shape index (κ3) is 8.15. The zero-order valence-corrected chi connectivity index (χ0v) is 12.8. The van der Waals surface area contributed by atoms with Crippen molar-refractivity contribution in [1.82, 2.24) is 16.0 Å².